The molecular formula is C23H24ClN3O2. The number of benzene rings is 2. The van der Waals surface area contributed by atoms with Crippen LogP contribution < -0.4 is 10.2 Å². The first-order chi connectivity index (χ1) is 14.0. The number of hydrogen-bond acceptors (Lipinski definition) is 2. The first-order valence-corrected chi connectivity index (χ1v) is 10.3. The molecule has 1 aliphatic heterocycles. The van der Waals surface area contributed by atoms with Crippen LogP contribution >= 0.6 is 11.6 Å². The van der Waals surface area contributed by atoms with Gasteiger partial charge in [0.05, 0.1) is 11.2 Å². The Morgan fingerprint density at radius 1 is 1.17 bits per heavy atom. The average Bonchev–Trinajstić information content (AvgIpc) is 3.23. The number of carbonyl (C=O) groups excluding carboxylic acids is 2. The van der Waals surface area contributed by atoms with Crippen molar-refractivity contribution in [3.63, 3.8) is 0 Å². The molecule has 0 aliphatic carbocycles. The molecule has 2 heterocycles. The smallest absolute Gasteiger partial charge is 0.270 e. The molecular weight excluding hydrogens is 386 g/mol. The van der Waals surface area contributed by atoms with Crippen molar-refractivity contribution < 1.29 is 9.59 Å². The Bertz CT molecular complexity index is 1090. The van der Waals surface area contributed by atoms with Crippen LogP contribution in [0.1, 0.15) is 34.5 Å². The molecule has 1 fully saturated rings. The fraction of sp³-hybridized carbons (Fsp3) is 0.304. The summed E-state index contributed by atoms with van der Waals surface area (Å²) >= 11 is 5.93. The van der Waals surface area contributed by atoms with E-state index in [0.717, 1.165) is 34.1 Å². The normalized spacial score (nSPS) is 14.0. The Labute approximate surface area is 175 Å². The Morgan fingerprint density at radius 3 is 2.62 bits per heavy atom. The number of halogens is 1. The molecule has 5 nitrogen and oxygen atoms in total. The number of rotatable bonds is 5. The van der Waals surface area contributed by atoms with E-state index < -0.39 is 0 Å². The summed E-state index contributed by atoms with van der Waals surface area (Å²) in [5.41, 5.74) is 4.44. The molecule has 1 saturated heterocycles. The quantitative estimate of drug-likeness (QED) is 0.685. The number of hydrogen-bond donors (Lipinski definition) is 1. The van der Waals surface area contributed by atoms with E-state index in [-0.39, 0.29) is 11.8 Å². The maximum absolute atomic E-state index is 13.2. The minimum absolute atomic E-state index is 0.0780. The zero-order valence-electron chi connectivity index (χ0n) is 16.7. The van der Waals surface area contributed by atoms with Gasteiger partial charge in [0.1, 0.15) is 5.69 Å². The molecule has 29 heavy (non-hydrogen) atoms. The number of amides is 2. The molecule has 4 rings (SSSR count). The molecule has 0 radical (unpaired) electrons. The Hall–Kier alpha value is -2.79. The van der Waals surface area contributed by atoms with Crippen LogP contribution in [0.2, 0.25) is 5.02 Å². The van der Waals surface area contributed by atoms with Crippen molar-refractivity contribution in [2.75, 3.05) is 18.0 Å². The highest BCUT2D eigenvalue weighted by molar-refractivity contribution is 6.30. The van der Waals surface area contributed by atoms with Crippen molar-refractivity contribution in [2.24, 2.45) is 7.05 Å². The van der Waals surface area contributed by atoms with E-state index in [1.54, 1.807) is 4.90 Å². The lowest BCUT2D eigenvalue weighted by atomic mass is 10.1. The van der Waals surface area contributed by atoms with Crippen LogP contribution in [0.15, 0.2) is 42.5 Å². The topological polar surface area (TPSA) is 54.3 Å². The van der Waals surface area contributed by atoms with E-state index in [4.69, 9.17) is 11.6 Å². The van der Waals surface area contributed by atoms with Gasteiger partial charge in [-0.25, -0.2) is 0 Å². The predicted molar refractivity (Wildman–Crippen MR) is 117 cm³/mol. The minimum atomic E-state index is -0.162. The molecule has 3 aromatic rings. The summed E-state index contributed by atoms with van der Waals surface area (Å²) < 4.78 is 1.90. The molecule has 1 aromatic heterocycles. The van der Waals surface area contributed by atoms with Gasteiger partial charge in [-0.3, -0.25) is 9.59 Å². The number of anilines is 1. The number of aryl methyl sites for hydroxylation is 2. The van der Waals surface area contributed by atoms with Gasteiger partial charge in [-0.15, -0.1) is 0 Å². The van der Waals surface area contributed by atoms with E-state index in [0.29, 0.717) is 36.6 Å². The van der Waals surface area contributed by atoms with Crippen molar-refractivity contribution in [2.45, 2.75) is 26.2 Å². The number of fused-ring (bicyclic) bond motifs is 1. The number of carbonyl (C=O) groups is 2. The highest BCUT2D eigenvalue weighted by atomic mass is 35.5. The SMILES string of the molecule is Cc1ccc2c(c1)c(N1CCCC1=O)c(C(=O)NCCc1ccc(Cl)cc1)n2C. The van der Waals surface area contributed by atoms with Crippen LogP contribution in [0, 0.1) is 6.92 Å². The fourth-order valence-corrected chi connectivity index (χ4v) is 4.14. The van der Waals surface area contributed by atoms with Crippen LogP contribution in [0.5, 0.6) is 0 Å². The van der Waals surface area contributed by atoms with Crippen molar-refractivity contribution in [3.8, 4) is 0 Å². The number of nitrogens with zero attached hydrogens (tertiary/aromatic N) is 2. The zero-order chi connectivity index (χ0) is 20.5. The molecule has 6 heteroatoms. The van der Waals surface area contributed by atoms with Crippen LogP contribution in [0.4, 0.5) is 5.69 Å². The van der Waals surface area contributed by atoms with Gasteiger partial charge < -0.3 is 14.8 Å². The summed E-state index contributed by atoms with van der Waals surface area (Å²) in [6.45, 7) is 3.18. The van der Waals surface area contributed by atoms with Gasteiger partial charge in [0.2, 0.25) is 5.91 Å². The van der Waals surface area contributed by atoms with Crippen molar-refractivity contribution in [3.05, 3.63) is 64.3 Å². The second-order valence-electron chi connectivity index (χ2n) is 7.56. The van der Waals surface area contributed by atoms with Crippen LogP contribution in [0.3, 0.4) is 0 Å². The summed E-state index contributed by atoms with van der Waals surface area (Å²) in [4.78, 5) is 27.4. The molecule has 1 aliphatic rings. The van der Waals surface area contributed by atoms with Crippen LogP contribution in [0.25, 0.3) is 10.9 Å². The van der Waals surface area contributed by atoms with E-state index in [1.165, 1.54) is 0 Å². The van der Waals surface area contributed by atoms with Gasteiger partial charge >= 0.3 is 0 Å². The Morgan fingerprint density at radius 2 is 1.93 bits per heavy atom. The van der Waals surface area contributed by atoms with Crippen LogP contribution in [-0.2, 0) is 18.3 Å². The highest BCUT2D eigenvalue weighted by Gasteiger charge is 2.31. The second-order valence-corrected chi connectivity index (χ2v) is 7.99. The predicted octanol–water partition coefficient (Wildman–Crippen LogP) is 4.24. The first kappa shape index (κ1) is 19.5. The summed E-state index contributed by atoms with van der Waals surface area (Å²) in [7, 11) is 1.88. The number of nitrogens with one attached hydrogen (secondary N) is 1. The molecule has 150 valence electrons. The monoisotopic (exact) mass is 409 g/mol. The Kier molecular flexibility index (Phi) is 5.33. The standard InChI is InChI=1S/C23H24ClN3O2/c1-15-5-10-19-18(14-15)21(27-13-3-4-20(27)28)22(26(19)2)23(29)25-12-11-16-6-8-17(24)9-7-16/h5-10,14H,3-4,11-13H2,1-2H3,(H,25,29). The summed E-state index contributed by atoms with van der Waals surface area (Å²) in [5.74, 6) is -0.0840. The van der Waals surface area contributed by atoms with Crippen LogP contribution in [-0.4, -0.2) is 29.5 Å². The summed E-state index contributed by atoms with van der Waals surface area (Å²) in [5, 5.41) is 4.67. The minimum Gasteiger partial charge on any atom is -0.350 e. The number of aromatic nitrogens is 1. The summed E-state index contributed by atoms with van der Waals surface area (Å²) in [6, 6.07) is 13.7. The van der Waals surface area contributed by atoms with Gasteiger partial charge in [0.25, 0.3) is 5.91 Å². The molecule has 0 spiro atoms. The lowest BCUT2D eigenvalue weighted by Gasteiger charge is -2.18. The third kappa shape index (κ3) is 3.75. The van der Waals surface area contributed by atoms with Crippen molar-refractivity contribution in [1.82, 2.24) is 9.88 Å². The third-order valence-corrected chi connectivity index (χ3v) is 5.75. The molecule has 0 saturated carbocycles. The molecule has 2 amide bonds. The molecule has 2 aromatic carbocycles. The molecule has 0 atom stereocenters. The van der Waals surface area contributed by atoms with E-state index in [1.807, 2.05) is 54.9 Å². The van der Waals surface area contributed by atoms with Crippen molar-refractivity contribution >= 4 is 40.0 Å². The molecule has 0 bridgehead atoms. The zero-order valence-corrected chi connectivity index (χ0v) is 17.4. The van der Waals surface area contributed by atoms with Gasteiger partial charge in [0, 0.05) is 37.0 Å². The molecule has 1 N–H and O–H groups in total. The fourth-order valence-electron chi connectivity index (χ4n) is 4.01. The van der Waals surface area contributed by atoms with E-state index >= 15 is 0 Å². The highest BCUT2D eigenvalue weighted by Crippen LogP contribution is 2.36. The lowest BCUT2D eigenvalue weighted by Crippen LogP contribution is -2.31. The largest absolute Gasteiger partial charge is 0.350 e. The van der Waals surface area contributed by atoms with E-state index in [2.05, 4.69) is 11.4 Å². The first-order valence-electron chi connectivity index (χ1n) is 9.88. The maximum atomic E-state index is 13.2. The summed E-state index contributed by atoms with van der Waals surface area (Å²) in [6.07, 6.45) is 2.06. The van der Waals surface area contributed by atoms with Gasteiger partial charge in [-0.05, 0) is 49.6 Å². The average molecular weight is 410 g/mol. The Balaban J connectivity index is 1.64. The lowest BCUT2D eigenvalue weighted by molar-refractivity contribution is -0.117. The third-order valence-electron chi connectivity index (χ3n) is 5.50. The van der Waals surface area contributed by atoms with E-state index in [9.17, 15) is 9.59 Å². The van der Waals surface area contributed by atoms with Gasteiger partial charge in [-0.1, -0.05) is 35.4 Å². The van der Waals surface area contributed by atoms with Gasteiger partial charge in [-0.2, -0.15) is 0 Å². The maximum Gasteiger partial charge on any atom is 0.270 e. The molecule has 0 unspecified atom stereocenters. The van der Waals surface area contributed by atoms with Gasteiger partial charge in [0.15, 0.2) is 0 Å². The van der Waals surface area contributed by atoms with Crippen molar-refractivity contribution in [1.29, 1.82) is 0 Å². The second kappa shape index (κ2) is 7.91.